The maximum absolute atomic E-state index is 12.4. The SMILES string of the molecule is Cc1ccc(C)c(OCc2nnc(S[C@H](C)C(=O)Nc3nc(C)cs3)n2C)c1. The molecule has 0 bridgehead atoms. The molecule has 28 heavy (non-hydrogen) atoms. The minimum Gasteiger partial charge on any atom is -0.485 e. The summed E-state index contributed by atoms with van der Waals surface area (Å²) in [6, 6.07) is 6.10. The van der Waals surface area contributed by atoms with Crippen LogP contribution in [-0.4, -0.2) is 30.9 Å². The van der Waals surface area contributed by atoms with Crippen LogP contribution in [0.5, 0.6) is 5.75 Å². The van der Waals surface area contributed by atoms with Gasteiger partial charge in [0, 0.05) is 12.4 Å². The van der Waals surface area contributed by atoms with E-state index in [1.165, 1.54) is 23.1 Å². The molecule has 0 aliphatic heterocycles. The first-order valence-electron chi connectivity index (χ1n) is 8.81. The predicted molar refractivity (Wildman–Crippen MR) is 112 cm³/mol. The summed E-state index contributed by atoms with van der Waals surface area (Å²) >= 11 is 2.76. The van der Waals surface area contributed by atoms with E-state index in [9.17, 15) is 4.79 Å². The second-order valence-electron chi connectivity index (χ2n) is 6.56. The lowest BCUT2D eigenvalue weighted by Crippen LogP contribution is -2.22. The van der Waals surface area contributed by atoms with Crippen molar-refractivity contribution in [2.24, 2.45) is 7.05 Å². The van der Waals surface area contributed by atoms with Crippen LogP contribution < -0.4 is 10.1 Å². The average Bonchev–Trinajstić information content (AvgIpc) is 3.21. The Morgan fingerprint density at radius 3 is 2.82 bits per heavy atom. The number of carbonyl (C=O) groups excluding carboxylic acids is 1. The first kappa shape index (κ1) is 20.3. The van der Waals surface area contributed by atoms with Crippen LogP contribution in [0, 0.1) is 20.8 Å². The van der Waals surface area contributed by atoms with Crippen LogP contribution in [0.1, 0.15) is 29.6 Å². The Morgan fingerprint density at radius 2 is 2.11 bits per heavy atom. The molecule has 2 heterocycles. The van der Waals surface area contributed by atoms with Gasteiger partial charge in [-0.05, 0) is 44.9 Å². The van der Waals surface area contributed by atoms with Gasteiger partial charge in [-0.3, -0.25) is 4.79 Å². The second-order valence-corrected chi connectivity index (χ2v) is 8.72. The largest absolute Gasteiger partial charge is 0.485 e. The number of nitrogens with zero attached hydrogens (tertiary/aromatic N) is 4. The van der Waals surface area contributed by atoms with Crippen molar-refractivity contribution in [2.45, 2.75) is 44.7 Å². The lowest BCUT2D eigenvalue weighted by molar-refractivity contribution is -0.115. The van der Waals surface area contributed by atoms with E-state index >= 15 is 0 Å². The van der Waals surface area contributed by atoms with Crippen LogP contribution in [0.2, 0.25) is 0 Å². The van der Waals surface area contributed by atoms with Crippen molar-refractivity contribution >= 4 is 34.1 Å². The fourth-order valence-electron chi connectivity index (χ4n) is 2.41. The Bertz CT molecular complexity index is 983. The molecule has 9 heteroatoms. The number of benzene rings is 1. The molecule has 0 aliphatic carbocycles. The summed E-state index contributed by atoms with van der Waals surface area (Å²) in [5.74, 6) is 1.42. The van der Waals surface area contributed by atoms with Crippen molar-refractivity contribution in [3.05, 3.63) is 46.2 Å². The molecule has 0 aliphatic rings. The number of thiazole rings is 1. The van der Waals surface area contributed by atoms with Crippen molar-refractivity contribution in [1.82, 2.24) is 19.7 Å². The standard InChI is InChI=1S/C19H23N5O2S2/c1-11-6-7-12(2)15(8-11)26-9-16-22-23-19(24(16)5)28-14(4)17(25)21-18-20-13(3)10-27-18/h6-8,10,14H,9H2,1-5H3,(H,20,21,25)/t14-/m1/s1. The summed E-state index contributed by atoms with van der Waals surface area (Å²) in [6.07, 6.45) is 0. The highest BCUT2D eigenvalue weighted by Crippen LogP contribution is 2.25. The maximum atomic E-state index is 12.4. The van der Waals surface area contributed by atoms with Gasteiger partial charge in [0.05, 0.1) is 10.9 Å². The number of rotatable bonds is 7. The van der Waals surface area contributed by atoms with Gasteiger partial charge < -0.3 is 14.6 Å². The van der Waals surface area contributed by atoms with Gasteiger partial charge in [0.1, 0.15) is 12.4 Å². The number of aromatic nitrogens is 4. The Kier molecular flexibility index (Phi) is 6.35. The third-order valence-corrected chi connectivity index (χ3v) is 6.14. The number of hydrogen-bond acceptors (Lipinski definition) is 7. The summed E-state index contributed by atoms with van der Waals surface area (Å²) in [6.45, 7) is 8.08. The number of thioether (sulfide) groups is 1. The molecule has 7 nitrogen and oxygen atoms in total. The molecule has 0 saturated heterocycles. The van der Waals surface area contributed by atoms with Crippen molar-refractivity contribution in [2.75, 3.05) is 5.32 Å². The third kappa shape index (κ3) is 4.90. The smallest absolute Gasteiger partial charge is 0.239 e. The molecule has 0 saturated carbocycles. The van der Waals surface area contributed by atoms with E-state index in [2.05, 4.69) is 26.6 Å². The van der Waals surface area contributed by atoms with Crippen LogP contribution in [-0.2, 0) is 18.4 Å². The summed E-state index contributed by atoms with van der Waals surface area (Å²) in [4.78, 5) is 16.6. The lowest BCUT2D eigenvalue weighted by Gasteiger charge is -2.11. The number of anilines is 1. The van der Waals surface area contributed by atoms with Crippen LogP contribution in [0.4, 0.5) is 5.13 Å². The highest BCUT2D eigenvalue weighted by molar-refractivity contribution is 8.00. The van der Waals surface area contributed by atoms with Crippen molar-refractivity contribution < 1.29 is 9.53 Å². The van der Waals surface area contributed by atoms with Gasteiger partial charge >= 0.3 is 0 Å². The summed E-state index contributed by atoms with van der Waals surface area (Å²) in [5.41, 5.74) is 3.11. The molecule has 2 aromatic heterocycles. The van der Waals surface area contributed by atoms with Crippen LogP contribution in [0.15, 0.2) is 28.7 Å². The Labute approximate surface area is 172 Å². The molecular weight excluding hydrogens is 394 g/mol. The summed E-state index contributed by atoms with van der Waals surface area (Å²) < 4.78 is 7.77. The van der Waals surface area contributed by atoms with Gasteiger partial charge in [-0.1, -0.05) is 23.9 Å². The number of hydrogen-bond donors (Lipinski definition) is 1. The molecule has 0 spiro atoms. The minimum atomic E-state index is -0.333. The zero-order valence-electron chi connectivity index (χ0n) is 16.5. The first-order valence-corrected chi connectivity index (χ1v) is 10.6. The molecule has 3 aromatic rings. The molecule has 0 unspecified atom stereocenters. The van der Waals surface area contributed by atoms with Crippen molar-refractivity contribution in [1.29, 1.82) is 0 Å². The zero-order valence-corrected chi connectivity index (χ0v) is 18.1. The molecule has 148 valence electrons. The van der Waals surface area contributed by atoms with Gasteiger partial charge in [-0.15, -0.1) is 21.5 Å². The molecule has 1 aromatic carbocycles. The second kappa shape index (κ2) is 8.74. The minimum absolute atomic E-state index is 0.115. The van der Waals surface area contributed by atoms with Gasteiger partial charge in [-0.2, -0.15) is 0 Å². The number of ether oxygens (including phenoxy) is 1. The quantitative estimate of drug-likeness (QED) is 0.587. The molecule has 3 rings (SSSR count). The van der Waals surface area contributed by atoms with Crippen LogP contribution in [0.3, 0.4) is 0 Å². The van der Waals surface area contributed by atoms with Gasteiger partial charge in [0.15, 0.2) is 16.1 Å². The normalized spacial score (nSPS) is 12.0. The third-order valence-electron chi connectivity index (χ3n) is 4.13. The van der Waals surface area contributed by atoms with Crippen LogP contribution in [0.25, 0.3) is 0 Å². The van der Waals surface area contributed by atoms with Crippen LogP contribution >= 0.6 is 23.1 Å². The fraction of sp³-hybridized carbons (Fsp3) is 0.368. The van der Waals surface area contributed by atoms with Gasteiger partial charge in [0.2, 0.25) is 5.91 Å². The Balaban J connectivity index is 1.60. The fourth-order valence-corrected chi connectivity index (χ4v) is 3.93. The average molecular weight is 418 g/mol. The van der Waals surface area contributed by atoms with Gasteiger partial charge in [0.25, 0.3) is 0 Å². The predicted octanol–water partition coefficient (Wildman–Crippen LogP) is 3.90. The van der Waals surface area contributed by atoms with E-state index < -0.39 is 0 Å². The highest BCUT2D eigenvalue weighted by atomic mass is 32.2. The van der Waals surface area contributed by atoms with E-state index in [1.54, 1.807) is 0 Å². The highest BCUT2D eigenvalue weighted by Gasteiger charge is 2.20. The van der Waals surface area contributed by atoms with E-state index in [-0.39, 0.29) is 11.2 Å². The zero-order chi connectivity index (χ0) is 20.3. The molecule has 1 N–H and O–H groups in total. The molecule has 1 atom stereocenters. The lowest BCUT2D eigenvalue weighted by atomic mass is 10.1. The van der Waals surface area contributed by atoms with Gasteiger partial charge in [-0.25, -0.2) is 4.98 Å². The van der Waals surface area contributed by atoms with E-state index in [4.69, 9.17) is 4.74 Å². The first-order chi connectivity index (χ1) is 13.3. The summed E-state index contributed by atoms with van der Waals surface area (Å²) in [5, 5.41) is 14.1. The number of carbonyl (C=O) groups is 1. The molecule has 0 radical (unpaired) electrons. The Hall–Kier alpha value is -2.39. The van der Waals surface area contributed by atoms with E-state index in [0.29, 0.717) is 22.7 Å². The molecule has 0 fully saturated rings. The molecule has 1 amide bonds. The maximum Gasteiger partial charge on any atom is 0.239 e. The van der Waals surface area contributed by atoms with E-state index in [0.717, 1.165) is 22.6 Å². The number of amides is 1. The summed E-state index contributed by atoms with van der Waals surface area (Å²) in [7, 11) is 1.87. The topological polar surface area (TPSA) is 81.9 Å². The van der Waals surface area contributed by atoms with Crippen molar-refractivity contribution in [3.63, 3.8) is 0 Å². The van der Waals surface area contributed by atoms with Crippen molar-refractivity contribution in [3.8, 4) is 5.75 Å². The monoisotopic (exact) mass is 417 g/mol. The number of aryl methyl sites for hydroxylation is 3. The molecular formula is C19H23N5O2S2. The van der Waals surface area contributed by atoms with E-state index in [1.807, 2.05) is 56.8 Å². The number of nitrogens with one attached hydrogen (secondary N) is 1. The Morgan fingerprint density at radius 1 is 1.32 bits per heavy atom.